The van der Waals surface area contributed by atoms with Crippen LogP contribution in [0.5, 0.6) is 0 Å². The molecular formula is C29H30FN3O. The van der Waals surface area contributed by atoms with Crippen molar-refractivity contribution in [3.05, 3.63) is 95.3 Å². The molecule has 0 unspecified atom stereocenters. The van der Waals surface area contributed by atoms with Gasteiger partial charge >= 0.3 is 0 Å². The first-order chi connectivity index (χ1) is 16.7. The molecule has 2 aliphatic rings. The van der Waals surface area contributed by atoms with Gasteiger partial charge in [-0.1, -0.05) is 54.6 Å². The van der Waals surface area contributed by atoms with Crippen molar-refractivity contribution in [2.24, 2.45) is 0 Å². The average molecular weight is 456 g/mol. The fourth-order valence-electron chi connectivity index (χ4n) is 5.69. The molecule has 3 aromatic carbocycles. The summed E-state index contributed by atoms with van der Waals surface area (Å²) in [5.41, 5.74) is 4.74. The number of halogens is 1. The molecule has 0 aliphatic carbocycles. The van der Waals surface area contributed by atoms with Crippen molar-refractivity contribution in [3.63, 3.8) is 0 Å². The standard InChI is InChI=1S/C29H30FN3O/c30-26-9-2-1-7-25(26)18-32-14-3-4-15-33-27(19-32)29(28(33)20-34)23-12-10-22(11-13-23)24-8-5-6-21(16-24)17-31/h1-2,5-13,16,27-29,34H,3-4,14-15,18-20H2/t27-,28-,29+/m1/s1. The van der Waals surface area contributed by atoms with Crippen LogP contribution in [0.4, 0.5) is 4.39 Å². The number of benzene rings is 3. The number of nitriles is 1. The van der Waals surface area contributed by atoms with Crippen molar-refractivity contribution < 1.29 is 9.50 Å². The van der Waals surface area contributed by atoms with Crippen molar-refractivity contribution >= 4 is 0 Å². The Balaban J connectivity index is 1.37. The number of aliphatic hydroxyl groups is 1. The van der Waals surface area contributed by atoms with Crippen LogP contribution in [0.3, 0.4) is 0 Å². The molecule has 174 valence electrons. The van der Waals surface area contributed by atoms with E-state index in [0.717, 1.165) is 49.2 Å². The van der Waals surface area contributed by atoms with E-state index in [9.17, 15) is 14.8 Å². The quantitative estimate of drug-likeness (QED) is 0.601. The first-order valence-corrected chi connectivity index (χ1v) is 12.1. The van der Waals surface area contributed by atoms with E-state index < -0.39 is 0 Å². The maximum absolute atomic E-state index is 14.3. The van der Waals surface area contributed by atoms with E-state index in [4.69, 9.17) is 0 Å². The van der Waals surface area contributed by atoms with E-state index in [0.29, 0.717) is 18.2 Å². The third kappa shape index (κ3) is 4.50. The van der Waals surface area contributed by atoms with E-state index in [1.165, 1.54) is 11.6 Å². The second kappa shape index (κ2) is 10.1. The van der Waals surface area contributed by atoms with Gasteiger partial charge in [-0.25, -0.2) is 4.39 Å². The highest BCUT2D eigenvalue weighted by molar-refractivity contribution is 5.65. The number of rotatable bonds is 5. The molecule has 0 amide bonds. The molecule has 0 bridgehead atoms. The fourth-order valence-corrected chi connectivity index (χ4v) is 5.69. The fraction of sp³-hybridized carbons (Fsp3) is 0.345. The Morgan fingerprint density at radius 3 is 2.50 bits per heavy atom. The van der Waals surface area contributed by atoms with Crippen LogP contribution in [0.25, 0.3) is 11.1 Å². The predicted octanol–water partition coefficient (Wildman–Crippen LogP) is 4.79. The topological polar surface area (TPSA) is 50.5 Å². The lowest BCUT2D eigenvalue weighted by Gasteiger charge is -2.57. The highest BCUT2D eigenvalue weighted by atomic mass is 19.1. The number of aliphatic hydroxyl groups excluding tert-OH is 1. The summed E-state index contributed by atoms with van der Waals surface area (Å²) < 4.78 is 14.3. The smallest absolute Gasteiger partial charge is 0.127 e. The molecule has 34 heavy (non-hydrogen) atoms. The monoisotopic (exact) mass is 455 g/mol. The molecule has 2 heterocycles. The van der Waals surface area contributed by atoms with Gasteiger partial charge in [0.05, 0.1) is 18.2 Å². The molecule has 5 rings (SSSR count). The van der Waals surface area contributed by atoms with Crippen LogP contribution in [0.15, 0.2) is 72.8 Å². The summed E-state index contributed by atoms with van der Waals surface area (Å²) in [6.07, 6.45) is 2.17. The zero-order valence-corrected chi connectivity index (χ0v) is 19.3. The molecule has 1 N–H and O–H groups in total. The van der Waals surface area contributed by atoms with Crippen LogP contribution in [-0.4, -0.2) is 53.2 Å². The summed E-state index contributed by atoms with van der Waals surface area (Å²) in [5, 5.41) is 19.4. The van der Waals surface area contributed by atoms with Gasteiger partial charge in [0.15, 0.2) is 0 Å². The third-order valence-electron chi connectivity index (χ3n) is 7.43. The second-order valence-corrected chi connectivity index (χ2v) is 9.43. The Kier molecular flexibility index (Phi) is 6.73. The minimum absolute atomic E-state index is 0.117. The molecule has 0 aromatic heterocycles. The average Bonchev–Trinajstić information content (AvgIpc) is 2.86. The maximum Gasteiger partial charge on any atom is 0.127 e. The summed E-state index contributed by atoms with van der Waals surface area (Å²) in [5.74, 6) is 0.0987. The Morgan fingerprint density at radius 1 is 0.941 bits per heavy atom. The lowest BCUT2D eigenvalue weighted by atomic mass is 9.74. The lowest BCUT2D eigenvalue weighted by Crippen LogP contribution is -2.67. The normalized spacial score (nSPS) is 23.3. The van der Waals surface area contributed by atoms with E-state index in [1.54, 1.807) is 6.07 Å². The van der Waals surface area contributed by atoms with Crippen molar-refractivity contribution in [2.45, 2.75) is 37.4 Å². The van der Waals surface area contributed by atoms with Crippen molar-refractivity contribution in [1.29, 1.82) is 5.26 Å². The van der Waals surface area contributed by atoms with Gasteiger partial charge in [0.2, 0.25) is 0 Å². The van der Waals surface area contributed by atoms with Gasteiger partial charge in [-0.2, -0.15) is 5.26 Å². The van der Waals surface area contributed by atoms with Gasteiger partial charge in [0.25, 0.3) is 0 Å². The number of fused-ring (bicyclic) bond motifs is 1. The molecule has 0 saturated carbocycles. The zero-order valence-electron chi connectivity index (χ0n) is 19.3. The first kappa shape index (κ1) is 22.7. The molecule has 2 fully saturated rings. The van der Waals surface area contributed by atoms with Gasteiger partial charge < -0.3 is 5.11 Å². The Morgan fingerprint density at radius 2 is 1.74 bits per heavy atom. The van der Waals surface area contributed by atoms with Gasteiger partial charge in [-0.15, -0.1) is 0 Å². The van der Waals surface area contributed by atoms with Crippen LogP contribution in [0.2, 0.25) is 0 Å². The highest BCUT2D eigenvalue weighted by Crippen LogP contribution is 2.42. The van der Waals surface area contributed by atoms with Crippen LogP contribution in [-0.2, 0) is 6.54 Å². The summed E-state index contributed by atoms with van der Waals surface area (Å²) in [4.78, 5) is 4.82. The molecule has 3 aromatic rings. The summed E-state index contributed by atoms with van der Waals surface area (Å²) in [7, 11) is 0. The van der Waals surface area contributed by atoms with Crippen molar-refractivity contribution in [1.82, 2.24) is 9.80 Å². The van der Waals surface area contributed by atoms with Crippen LogP contribution in [0, 0.1) is 17.1 Å². The first-order valence-electron chi connectivity index (χ1n) is 12.1. The largest absolute Gasteiger partial charge is 0.395 e. The molecule has 3 atom stereocenters. The van der Waals surface area contributed by atoms with Gasteiger partial charge in [0, 0.05) is 36.7 Å². The summed E-state index contributed by atoms with van der Waals surface area (Å²) in [6.45, 7) is 3.58. The van der Waals surface area contributed by atoms with E-state index in [1.807, 2.05) is 36.4 Å². The van der Waals surface area contributed by atoms with Crippen molar-refractivity contribution in [3.8, 4) is 17.2 Å². The number of nitrogens with zero attached hydrogens (tertiary/aromatic N) is 3. The zero-order chi connectivity index (χ0) is 23.5. The maximum atomic E-state index is 14.3. The molecule has 2 saturated heterocycles. The van der Waals surface area contributed by atoms with Gasteiger partial charge in [-0.05, 0) is 60.8 Å². The predicted molar refractivity (Wildman–Crippen MR) is 132 cm³/mol. The Labute approximate surface area is 200 Å². The molecule has 0 radical (unpaired) electrons. The molecule has 2 aliphatic heterocycles. The SMILES string of the molecule is N#Cc1cccc(-c2ccc([C@@H]3[C@@H](CO)N4CCCCN(Cc5ccccc5F)C[C@H]34)cc2)c1. The summed E-state index contributed by atoms with van der Waals surface area (Å²) in [6, 6.07) is 25.9. The van der Waals surface area contributed by atoms with Crippen LogP contribution < -0.4 is 0 Å². The second-order valence-electron chi connectivity index (χ2n) is 9.43. The Bertz CT molecular complexity index is 1170. The Hall–Kier alpha value is -3.04. The molecule has 4 nitrogen and oxygen atoms in total. The lowest BCUT2D eigenvalue weighted by molar-refractivity contribution is -0.0656. The molecule has 5 heteroatoms. The van der Waals surface area contributed by atoms with E-state index >= 15 is 0 Å². The van der Waals surface area contributed by atoms with E-state index in [-0.39, 0.29) is 24.4 Å². The third-order valence-corrected chi connectivity index (χ3v) is 7.43. The molecule has 0 spiro atoms. The highest BCUT2D eigenvalue weighted by Gasteiger charge is 2.49. The minimum Gasteiger partial charge on any atom is -0.395 e. The summed E-state index contributed by atoms with van der Waals surface area (Å²) >= 11 is 0. The van der Waals surface area contributed by atoms with E-state index in [2.05, 4.69) is 40.1 Å². The van der Waals surface area contributed by atoms with Gasteiger partial charge in [0.1, 0.15) is 5.82 Å². The molecular weight excluding hydrogens is 425 g/mol. The number of hydrogen-bond donors (Lipinski definition) is 1. The van der Waals surface area contributed by atoms with Gasteiger partial charge in [-0.3, -0.25) is 9.80 Å². The number of hydrogen-bond acceptors (Lipinski definition) is 4. The van der Waals surface area contributed by atoms with Crippen LogP contribution in [0.1, 0.15) is 35.4 Å². The van der Waals surface area contributed by atoms with Crippen LogP contribution >= 0.6 is 0 Å². The minimum atomic E-state index is -0.143. The van der Waals surface area contributed by atoms with Crippen molar-refractivity contribution in [2.75, 3.05) is 26.2 Å².